The van der Waals surface area contributed by atoms with Crippen molar-refractivity contribution in [3.63, 3.8) is 0 Å². The van der Waals surface area contributed by atoms with Crippen LogP contribution in [0, 0.1) is 0 Å². The normalized spacial score (nSPS) is 12.2. The fourth-order valence-electron chi connectivity index (χ4n) is 0.612. The number of aldehydes is 1. The van der Waals surface area contributed by atoms with Gasteiger partial charge in [-0.2, -0.15) is 0 Å². The Morgan fingerprint density at radius 3 is 2.30 bits per heavy atom. The predicted octanol–water partition coefficient (Wildman–Crippen LogP) is -0.972. The van der Waals surface area contributed by atoms with Crippen molar-refractivity contribution in [2.75, 3.05) is 0 Å². The highest BCUT2D eigenvalue weighted by molar-refractivity contribution is 6.12. The topological polar surface area (TPSA) is 68.7 Å². The number of carbonyl (C=O) groups excluding carboxylic acids is 1. The van der Waals surface area contributed by atoms with Crippen LogP contribution in [0.25, 0.3) is 0 Å². The minimum atomic E-state index is 0.433. The van der Waals surface area contributed by atoms with Crippen LogP contribution in [0.2, 0.25) is 0 Å². The van der Waals surface area contributed by atoms with Gasteiger partial charge in [-0.25, -0.2) is 0 Å². The minimum Gasteiger partial charge on any atom is -0.401 e. The zero-order valence-corrected chi connectivity index (χ0v) is 6.35. The summed E-state index contributed by atoms with van der Waals surface area (Å²) in [6, 6.07) is 0. The molecule has 0 saturated carbocycles. The highest BCUT2D eigenvalue weighted by Crippen LogP contribution is 1.96. The third-order valence-electron chi connectivity index (χ3n) is 1.27. The molecular weight excluding hydrogens is 128 g/mol. The van der Waals surface area contributed by atoms with E-state index in [0.717, 1.165) is 0 Å². The second kappa shape index (κ2) is 3.82. The quantitative estimate of drug-likeness (QED) is 0.301. The van der Waals surface area contributed by atoms with E-state index < -0.39 is 0 Å². The zero-order valence-electron chi connectivity index (χ0n) is 6.35. The van der Waals surface area contributed by atoms with E-state index in [2.05, 4.69) is 0 Å². The highest BCUT2D eigenvalue weighted by Gasteiger charge is 2.08. The van der Waals surface area contributed by atoms with Crippen LogP contribution in [0.3, 0.4) is 0 Å². The first kappa shape index (κ1) is 8.88. The van der Waals surface area contributed by atoms with Crippen LogP contribution in [0.15, 0.2) is 11.3 Å². The lowest BCUT2D eigenvalue weighted by molar-refractivity contribution is -0.117. The molecule has 0 rings (SSSR count). The van der Waals surface area contributed by atoms with Crippen molar-refractivity contribution in [3.8, 4) is 0 Å². The summed E-state index contributed by atoms with van der Waals surface area (Å²) < 4.78 is 0. The molecule has 0 atom stereocenters. The second-order valence-electron chi connectivity index (χ2n) is 2.09. The summed E-state index contributed by atoms with van der Waals surface area (Å²) in [7, 11) is 0. The monoisotopic (exact) mass is 141 g/mol. The number of carbonyl (C=O) groups is 1. The molecule has 0 saturated heterocycles. The van der Waals surface area contributed by atoms with E-state index >= 15 is 0 Å². The number of rotatable bonds is 3. The predicted molar refractivity (Wildman–Crippen MR) is 40.2 cm³/mol. The van der Waals surface area contributed by atoms with Gasteiger partial charge in [-0.15, -0.1) is 0 Å². The van der Waals surface area contributed by atoms with Crippen LogP contribution in [0.5, 0.6) is 0 Å². The smallest absolute Gasteiger partial charge is 0.184 e. The summed E-state index contributed by atoms with van der Waals surface area (Å²) in [5, 5.41) is 5.48. The molecule has 0 bridgehead atoms. The molecule has 0 aromatic heterocycles. The molecule has 0 spiro atoms. The third kappa shape index (κ3) is 2.01. The molecule has 3 heteroatoms. The van der Waals surface area contributed by atoms with Gasteiger partial charge in [0.1, 0.15) is 0 Å². The zero-order chi connectivity index (χ0) is 8.15. The van der Waals surface area contributed by atoms with Crippen molar-refractivity contribution in [1.82, 2.24) is 0 Å². The van der Waals surface area contributed by atoms with Gasteiger partial charge < -0.3 is 5.73 Å². The molecule has 0 aromatic rings. The Hall–Kier alpha value is -1.12. The number of nitrogens with two attached hydrogens (primary N) is 2. The van der Waals surface area contributed by atoms with Gasteiger partial charge in [0.15, 0.2) is 12.0 Å². The van der Waals surface area contributed by atoms with Gasteiger partial charge in [-0.3, -0.25) is 10.2 Å². The second-order valence-corrected chi connectivity index (χ2v) is 2.09. The maximum atomic E-state index is 10.3. The Morgan fingerprint density at radius 1 is 1.70 bits per heavy atom. The number of hydrogen-bond acceptors (Lipinski definition) is 2. The summed E-state index contributed by atoms with van der Waals surface area (Å²) >= 11 is 0. The molecular formula is C7H13N2O+. The van der Waals surface area contributed by atoms with E-state index in [-0.39, 0.29) is 0 Å². The molecule has 3 nitrogen and oxygen atoms in total. The van der Waals surface area contributed by atoms with E-state index in [0.29, 0.717) is 29.7 Å². The van der Waals surface area contributed by atoms with Crippen molar-refractivity contribution in [3.05, 3.63) is 11.3 Å². The van der Waals surface area contributed by atoms with Gasteiger partial charge in [-0.1, -0.05) is 6.92 Å². The summed E-state index contributed by atoms with van der Waals surface area (Å²) in [5.74, 6) is 0. The maximum absolute atomic E-state index is 10.3. The Bertz CT molecular complexity index is 178. The number of hydrogen-bond donors (Lipinski definition) is 2. The Morgan fingerprint density at radius 2 is 2.20 bits per heavy atom. The van der Waals surface area contributed by atoms with Gasteiger partial charge in [0.05, 0.1) is 5.57 Å². The van der Waals surface area contributed by atoms with Gasteiger partial charge in [-0.05, 0) is 6.92 Å². The van der Waals surface area contributed by atoms with Gasteiger partial charge in [0.25, 0.3) is 0 Å². The minimum absolute atomic E-state index is 0.433. The summed E-state index contributed by atoms with van der Waals surface area (Å²) in [4.78, 5) is 10.3. The van der Waals surface area contributed by atoms with Crippen molar-refractivity contribution in [2.24, 2.45) is 5.73 Å². The van der Waals surface area contributed by atoms with E-state index in [1.54, 1.807) is 6.92 Å². The van der Waals surface area contributed by atoms with E-state index in [9.17, 15) is 4.79 Å². The molecule has 0 aromatic carbocycles. The fourth-order valence-corrected chi connectivity index (χ4v) is 0.612. The summed E-state index contributed by atoms with van der Waals surface area (Å²) in [5.41, 5.74) is 6.84. The lowest BCUT2D eigenvalue weighted by atomic mass is 10.1. The molecule has 0 heterocycles. The molecule has 0 aliphatic rings. The van der Waals surface area contributed by atoms with Crippen LogP contribution >= 0.6 is 0 Å². The molecule has 10 heavy (non-hydrogen) atoms. The Balaban J connectivity index is 4.53. The van der Waals surface area contributed by atoms with Crippen LogP contribution in [0.1, 0.15) is 20.3 Å². The Labute approximate surface area is 60.4 Å². The summed E-state index contributed by atoms with van der Waals surface area (Å²) in [6.45, 7) is 3.54. The standard InChI is InChI=1S/C7H12N2O/c1-3-7(9)6(4-10)5(2)8/h4,9H,3,8H2,1-2H3/p+1. The molecule has 56 valence electrons. The van der Waals surface area contributed by atoms with Crippen LogP contribution in [-0.2, 0) is 4.79 Å². The van der Waals surface area contributed by atoms with E-state index in [1.165, 1.54) is 0 Å². The molecule has 0 unspecified atom stereocenters. The van der Waals surface area contributed by atoms with Crippen LogP contribution in [-0.4, -0.2) is 12.0 Å². The van der Waals surface area contributed by atoms with Crippen molar-refractivity contribution < 1.29 is 10.2 Å². The van der Waals surface area contributed by atoms with Crippen molar-refractivity contribution in [1.29, 1.82) is 0 Å². The first-order valence-electron chi connectivity index (χ1n) is 3.16. The van der Waals surface area contributed by atoms with Crippen LogP contribution < -0.4 is 11.1 Å². The molecule has 0 fully saturated rings. The highest BCUT2D eigenvalue weighted by atomic mass is 16.1. The molecule has 4 N–H and O–H groups in total. The lowest BCUT2D eigenvalue weighted by Crippen LogP contribution is -2.41. The van der Waals surface area contributed by atoms with Crippen molar-refractivity contribution in [2.45, 2.75) is 20.3 Å². The lowest BCUT2D eigenvalue weighted by Gasteiger charge is -1.95. The Kier molecular flexibility index (Phi) is 3.39. The van der Waals surface area contributed by atoms with E-state index in [4.69, 9.17) is 11.1 Å². The van der Waals surface area contributed by atoms with Gasteiger partial charge in [0, 0.05) is 12.1 Å². The van der Waals surface area contributed by atoms with Gasteiger partial charge >= 0.3 is 0 Å². The SMILES string of the molecule is CCC(=[NH2+])C(C=O)=C(C)N. The molecule has 0 aliphatic carbocycles. The fraction of sp³-hybridized carbons (Fsp3) is 0.429. The van der Waals surface area contributed by atoms with Crippen molar-refractivity contribution >= 4 is 12.0 Å². The third-order valence-corrected chi connectivity index (χ3v) is 1.27. The maximum Gasteiger partial charge on any atom is 0.184 e. The molecule has 0 radical (unpaired) electrons. The largest absolute Gasteiger partial charge is 0.401 e. The van der Waals surface area contributed by atoms with E-state index in [1.807, 2.05) is 6.92 Å². The first-order chi connectivity index (χ1) is 4.63. The summed E-state index contributed by atoms with van der Waals surface area (Å²) in [6.07, 6.45) is 1.34. The average molecular weight is 141 g/mol. The molecule has 0 aliphatic heterocycles. The number of allylic oxidation sites excluding steroid dienone is 2. The van der Waals surface area contributed by atoms with Gasteiger partial charge in [0.2, 0.25) is 0 Å². The average Bonchev–Trinajstić information content (AvgIpc) is 1.88. The molecule has 0 amide bonds. The first-order valence-corrected chi connectivity index (χ1v) is 3.16. The van der Waals surface area contributed by atoms with Crippen LogP contribution in [0.4, 0.5) is 0 Å².